The lowest BCUT2D eigenvalue weighted by Gasteiger charge is -2.09. The Bertz CT molecular complexity index is 554. The standard InChI is InChI=1S/C14H14O6/c1-4-20-13(15)6-5-10-11(18-2)7-9(14(16)17)8-12(10)19-3/h7-8H,4H2,1-3H3,(H,16,17). The van der Waals surface area contributed by atoms with Crippen molar-refractivity contribution in [3.05, 3.63) is 23.3 Å². The molecule has 1 aromatic carbocycles. The van der Waals surface area contributed by atoms with Crippen molar-refractivity contribution in [1.29, 1.82) is 0 Å². The predicted molar refractivity (Wildman–Crippen MR) is 70.0 cm³/mol. The van der Waals surface area contributed by atoms with E-state index in [-0.39, 0.29) is 29.2 Å². The van der Waals surface area contributed by atoms with Gasteiger partial charge in [0.25, 0.3) is 0 Å². The number of hydrogen-bond acceptors (Lipinski definition) is 5. The first-order chi connectivity index (χ1) is 9.53. The molecular weight excluding hydrogens is 264 g/mol. The molecule has 6 nitrogen and oxygen atoms in total. The topological polar surface area (TPSA) is 82.1 Å². The van der Waals surface area contributed by atoms with E-state index in [2.05, 4.69) is 16.6 Å². The number of carboxylic acid groups (broad SMARTS) is 1. The van der Waals surface area contributed by atoms with Crippen molar-refractivity contribution in [2.75, 3.05) is 20.8 Å². The van der Waals surface area contributed by atoms with E-state index < -0.39 is 11.9 Å². The SMILES string of the molecule is CCOC(=O)C#Cc1c(OC)cc(C(=O)O)cc1OC. The Balaban J connectivity index is 3.30. The third kappa shape index (κ3) is 3.65. The second-order valence-corrected chi connectivity index (χ2v) is 3.53. The minimum absolute atomic E-state index is 0.000356. The highest BCUT2D eigenvalue weighted by Crippen LogP contribution is 2.29. The van der Waals surface area contributed by atoms with E-state index in [1.54, 1.807) is 6.92 Å². The molecule has 0 unspecified atom stereocenters. The first-order valence-corrected chi connectivity index (χ1v) is 5.71. The maximum Gasteiger partial charge on any atom is 0.384 e. The van der Waals surface area contributed by atoms with Gasteiger partial charge in [-0.25, -0.2) is 9.59 Å². The van der Waals surface area contributed by atoms with Crippen LogP contribution < -0.4 is 9.47 Å². The van der Waals surface area contributed by atoms with Gasteiger partial charge in [-0.15, -0.1) is 0 Å². The molecule has 0 aliphatic heterocycles. The Morgan fingerprint density at radius 2 is 1.75 bits per heavy atom. The van der Waals surface area contributed by atoms with Crippen LogP contribution in [0.15, 0.2) is 12.1 Å². The van der Waals surface area contributed by atoms with Gasteiger partial charge in [0.05, 0.1) is 26.4 Å². The van der Waals surface area contributed by atoms with Crippen LogP contribution in [0.2, 0.25) is 0 Å². The zero-order valence-electron chi connectivity index (χ0n) is 11.4. The second kappa shape index (κ2) is 7.04. The fourth-order valence-electron chi connectivity index (χ4n) is 1.44. The normalized spacial score (nSPS) is 9.15. The predicted octanol–water partition coefficient (Wildman–Crippen LogP) is 1.32. The number of rotatable bonds is 4. The van der Waals surface area contributed by atoms with Gasteiger partial charge in [-0.05, 0) is 25.0 Å². The Kier molecular flexibility index (Phi) is 5.42. The number of aromatic carboxylic acids is 1. The van der Waals surface area contributed by atoms with Crippen molar-refractivity contribution in [3.63, 3.8) is 0 Å². The first kappa shape index (κ1) is 15.4. The lowest BCUT2D eigenvalue weighted by Crippen LogP contribution is -2.02. The van der Waals surface area contributed by atoms with Gasteiger partial charge in [0, 0.05) is 5.92 Å². The van der Waals surface area contributed by atoms with Crippen molar-refractivity contribution in [2.45, 2.75) is 6.92 Å². The van der Waals surface area contributed by atoms with Crippen LogP contribution in [-0.4, -0.2) is 37.9 Å². The summed E-state index contributed by atoms with van der Waals surface area (Å²) in [6.45, 7) is 1.89. The summed E-state index contributed by atoms with van der Waals surface area (Å²) in [5, 5.41) is 8.98. The van der Waals surface area contributed by atoms with Gasteiger partial charge in [-0.2, -0.15) is 0 Å². The fourth-order valence-corrected chi connectivity index (χ4v) is 1.44. The summed E-state index contributed by atoms with van der Waals surface area (Å²) in [6, 6.07) is 2.61. The largest absolute Gasteiger partial charge is 0.495 e. The highest BCUT2D eigenvalue weighted by molar-refractivity contribution is 5.91. The van der Waals surface area contributed by atoms with Gasteiger partial charge >= 0.3 is 11.9 Å². The molecule has 0 spiro atoms. The van der Waals surface area contributed by atoms with Crippen LogP contribution in [0, 0.1) is 11.8 Å². The average Bonchev–Trinajstić information content (AvgIpc) is 2.44. The minimum Gasteiger partial charge on any atom is -0.495 e. The van der Waals surface area contributed by atoms with Crippen molar-refractivity contribution in [1.82, 2.24) is 0 Å². The Labute approximate surface area is 116 Å². The number of carboxylic acids is 1. The van der Waals surface area contributed by atoms with Crippen LogP contribution in [0.3, 0.4) is 0 Å². The molecule has 0 atom stereocenters. The summed E-state index contributed by atoms with van der Waals surface area (Å²) in [6.07, 6.45) is 0. The Morgan fingerprint density at radius 1 is 1.20 bits per heavy atom. The molecule has 1 N–H and O–H groups in total. The zero-order chi connectivity index (χ0) is 15.1. The molecule has 0 aliphatic carbocycles. The van der Waals surface area contributed by atoms with Crippen LogP contribution in [0.1, 0.15) is 22.8 Å². The lowest BCUT2D eigenvalue weighted by atomic mass is 10.1. The lowest BCUT2D eigenvalue weighted by molar-refractivity contribution is -0.136. The van der Waals surface area contributed by atoms with Crippen LogP contribution in [0.4, 0.5) is 0 Å². The van der Waals surface area contributed by atoms with Crippen molar-refractivity contribution in [3.8, 4) is 23.3 Å². The molecule has 0 saturated carbocycles. The number of methoxy groups -OCH3 is 2. The van der Waals surface area contributed by atoms with Crippen molar-refractivity contribution >= 4 is 11.9 Å². The van der Waals surface area contributed by atoms with Gasteiger partial charge < -0.3 is 19.3 Å². The molecule has 0 aromatic heterocycles. The van der Waals surface area contributed by atoms with Crippen LogP contribution in [-0.2, 0) is 9.53 Å². The molecule has 6 heteroatoms. The highest BCUT2D eigenvalue weighted by atomic mass is 16.5. The van der Waals surface area contributed by atoms with Crippen LogP contribution >= 0.6 is 0 Å². The smallest absolute Gasteiger partial charge is 0.384 e. The molecule has 0 saturated heterocycles. The molecule has 0 fully saturated rings. The molecule has 0 heterocycles. The number of ether oxygens (including phenoxy) is 3. The van der Waals surface area contributed by atoms with E-state index in [1.807, 2.05) is 0 Å². The van der Waals surface area contributed by atoms with Gasteiger partial charge in [0.15, 0.2) is 0 Å². The van der Waals surface area contributed by atoms with Crippen LogP contribution in [0.5, 0.6) is 11.5 Å². The Hall–Kier alpha value is -2.68. The van der Waals surface area contributed by atoms with E-state index in [4.69, 9.17) is 14.6 Å². The molecule has 1 aromatic rings. The summed E-state index contributed by atoms with van der Waals surface area (Å²) >= 11 is 0. The van der Waals surface area contributed by atoms with E-state index in [0.717, 1.165) is 0 Å². The van der Waals surface area contributed by atoms with Gasteiger partial charge in [0.1, 0.15) is 17.1 Å². The number of carbonyl (C=O) groups excluding carboxylic acids is 1. The average molecular weight is 278 g/mol. The molecule has 0 amide bonds. The number of hydrogen-bond donors (Lipinski definition) is 1. The minimum atomic E-state index is -1.12. The molecule has 0 radical (unpaired) electrons. The molecule has 106 valence electrons. The quantitative estimate of drug-likeness (QED) is 0.660. The van der Waals surface area contributed by atoms with E-state index >= 15 is 0 Å². The molecule has 1 rings (SSSR count). The number of carbonyl (C=O) groups is 2. The maximum absolute atomic E-state index is 11.2. The highest BCUT2D eigenvalue weighted by Gasteiger charge is 2.14. The van der Waals surface area contributed by atoms with E-state index in [1.165, 1.54) is 26.4 Å². The first-order valence-electron chi connectivity index (χ1n) is 5.71. The second-order valence-electron chi connectivity index (χ2n) is 3.53. The van der Waals surface area contributed by atoms with Gasteiger partial charge in [0.2, 0.25) is 0 Å². The van der Waals surface area contributed by atoms with Gasteiger partial charge in [-0.3, -0.25) is 0 Å². The van der Waals surface area contributed by atoms with Crippen molar-refractivity contribution in [2.24, 2.45) is 0 Å². The summed E-state index contributed by atoms with van der Waals surface area (Å²) in [5.41, 5.74) is 0.286. The monoisotopic (exact) mass is 278 g/mol. The third-order valence-corrected chi connectivity index (χ3v) is 2.32. The number of esters is 1. The molecular formula is C14H14O6. The molecule has 0 bridgehead atoms. The molecule has 20 heavy (non-hydrogen) atoms. The van der Waals surface area contributed by atoms with Crippen LogP contribution in [0.25, 0.3) is 0 Å². The van der Waals surface area contributed by atoms with E-state index in [9.17, 15) is 9.59 Å². The summed E-state index contributed by atoms with van der Waals surface area (Å²) in [5.74, 6) is 3.46. The summed E-state index contributed by atoms with van der Waals surface area (Å²) in [7, 11) is 2.74. The maximum atomic E-state index is 11.2. The van der Waals surface area contributed by atoms with Gasteiger partial charge in [-0.1, -0.05) is 0 Å². The fraction of sp³-hybridized carbons (Fsp3) is 0.286. The van der Waals surface area contributed by atoms with Crippen molar-refractivity contribution < 1.29 is 28.9 Å². The zero-order valence-corrected chi connectivity index (χ0v) is 11.4. The third-order valence-electron chi connectivity index (χ3n) is 2.32. The Morgan fingerprint density at radius 3 is 2.15 bits per heavy atom. The summed E-state index contributed by atoms with van der Waals surface area (Å²) < 4.78 is 14.8. The number of benzene rings is 1. The van der Waals surface area contributed by atoms with E-state index in [0.29, 0.717) is 0 Å². The summed E-state index contributed by atoms with van der Waals surface area (Å²) in [4.78, 5) is 22.2. The molecule has 0 aliphatic rings.